The third-order valence-electron chi connectivity index (χ3n) is 5.12. The molecule has 0 bridgehead atoms. The minimum atomic E-state index is -0.242. The van der Waals surface area contributed by atoms with E-state index < -0.39 is 0 Å². The molecular formula is C25H33N5O2. The number of nitrogens with one attached hydrogen (secondary N) is 1. The van der Waals surface area contributed by atoms with E-state index in [2.05, 4.69) is 42.6 Å². The zero-order valence-electron chi connectivity index (χ0n) is 18.9. The third kappa shape index (κ3) is 7.65. The second kappa shape index (κ2) is 11.8. The molecule has 1 aliphatic rings. The van der Waals surface area contributed by atoms with Crippen molar-refractivity contribution in [3.63, 3.8) is 0 Å². The Morgan fingerprint density at radius 2 is 2.22 bits per heavy atom. The van der Waals surface area contributed by atoms with Gasteiger partial charge in [0.15, 0.2) is 11.6 Å². The first-order valence-electron chi connectivity index (χ1n) is 10.8. The number of nitrogens with zero attached hydrogens (tertiary/aromatic N) is 2. The fraction of sp³-hybridized carbons (Fsp3) is 0.360. The largest absolute Gasteiger partial charge is 0.473 e. The van der Waals surface area contributed by atoms with E-state index in [1.165, 1.54) is 12.2 Å². The van der Waals surface area contributed by atoms with Gasteiger partial charge in [0, 0.05) is 24.4 Å². The smallest absolute Gasteiger partial charge is 0.205 e. The molecule has 1 aromatic rings. The number of hydrogen-bond acceptors (Lipinski definition) is 6. The third-order valence-corrected chi connectivity index (χ3v) is 5.12. The first kappa shape index (κ1) is 24.8. The number of unbranched alkanes of at least 4 members (excludes halogenated alkanes) is 1. The van der Waals surface area contributed by atoms with Crippen molar-refractivity contribution in [1.82, 2.24) is 4.98 Å². The number of rotatable bonds is 11. The summed E-state index contributed by atoms with van der Waals surface area (Å²) in [4.78, 5) is 21.4. The summed E-state index contributed by atoms with van der Waals surface area (Å²) in [6, 6.07) is 3.38. The van der Waals surface area contributed by atoms with Crippen molar-refractivity contribution in [2.45, 2.75) is 46.0 Å². The van der Waals surface area contributed by atoms with Gasteiger partial charge in [-0.15, -0.1) is 0 Å². The molecule has 2 rings (SSSR count). The van der Waals surface area contributed by atoms with Gasteiger partial charge in [-0.05, 0) is 48.5 Å². The van der Waals surface area contributed by atoms with Crippen molar-refractivity contribution in [1.29, 1.82) is 5.41 Å². The van der Waals surface area contributed by atoms with E-state index >= 15 is 0 Å². The molecule has 0 spiro atoms. The second-order valence-corrected chi connectivity index (χ2v) is 8.17. The summed E-state index contributed by atoms with van der Waals surface area (Å²) in [6.07, 6.45) is 14.4. The number of hydrogen-bond donors (Lipinski definition) is 3. The molecule has 1 unspecified atom stereocenters. The minimum Gasteiger partial charge on any atom is -0.473 e. The Morgan fingerprint density at radius 1 is 1.44 bits per heavy atom. The van der Waals surface area contributed by atoms with Crippen molar-refractivity contribution < 1.29 is 9.53 Å². The van der Waals surface area contributed by atoms with Gasteiger partial charge in [-0.25, -0.2) is 9.98 Å². The first-order valence-corrected chi connectivity index (χ1v) is 10.8. The summed E-state index contributed by atoms with van der Waals surface area (Å²) in [5.41, 5.74) is 13.9. The molecule has 0 radical (unpaired) electrons. The molecule has 5 N–H and O–H groups in total. The molecule has 1 aromatic heterocycles. The van der Waals surface area contributed by atoms with Crippen LogP contribution in [0, 0.1) is 10.8 Å². The average molecular weight is 436 g/mol. The number of nitrogens with two attached hydrogens (primary N) is 2. The molecule has 7 heteroatoms. The van der Waals surface area contributed by atoms with Crippen molar-refractivity contribution in [3.8, 4) is 0 Å². The van der Waals surface area contributed by atoms with Crippen LogP contribution in [0.3, 0.4) is 0 Å². The SMILES string of the molecule is C=CC(=N)OCC1=CCC(C)(CC(N)=CC(=O)c2cccnc2N=C(N)CCCC)C=C1. The fourth-order valence-corrected chi connectivity index (χ4v) is 3.26. The number of ketones is 1. The van der Waals surface area contributed by atoms with Crippen molar-refractivity contribution in [2.75, 3.05) is 6.61 Å². The van der Waals surface area contributed by atoms with Crippen LogP contribution in [-0.4, -0.2) is 29.1 Å². The van der Waals surface area contributed by atoms with Gasteiger partial charge in [0.2, 0.25) is 5.90 Å². The van der Waals surface area contributed by atoms with Crippen molar-refractivity contribution in [2.24, 2.45) is 21.9 Å². The zero-order chi connectivity index (χ0) is 23.6. The summed E-state index contributed by atoms with van der Waals surface area (Å²) in [5, 5.41) is 7.48. The minimum absolute atomic E-state index is 0.0459. The predicted molar refractivity (Wildman–Crippen MR) is 130 cm³/mol. The molecule has 1 aliphatic carbocycles. The van der Waals surface area contributed by atoms with Crippen molar-refractivity contribution >= 4 is 23.3 Å². The maximum absolute atomic E-state index is 12.9. The lowest BCUT2D eigenvalue weighted by Crippen LogP contribution is -2.20. The van der Waals surface area contributed by atoms with Gasteiger partial charge < -0.3 is 16.2 Å². The van der Waals surface area contributed by atoms with Crippen LogP contribution in [0.25, 0.3) is 0 Å². The molecule has 1 heterocycles. The Balaban J connectivity index is 2.06. The van der Waals surface area contributed by atoms with Crippen LogP contribution in [0.15, 0.2) is 71.6 Å². The first-order chi connectivity index (χ1) is 15.3. The Morgan fingerprint density at radius 3 is 2.88 bits per heavy atom. The van der Waals surface area contributed by atoms with E-state index in [1.807, 2.05) is 6.08 Å². The molecule has 1 atom stereocenters. The van der Waals surface area contributed by atoms with Gasteiger partial charge in [0.05, 0.1) is 5.56 Å². The van der Waals surface area contributed by atoms with Crippen LogP contribution in [0.4, 0.5) is 5.82 Å². The quantitative estimate of drug-likeness (QED) is 0.200. The number of allylic oxidation sites excluding steroid dienone is 4. The molecule has 0 saturated heterocycles. The van der Waals surface area contributed by atoms with E-state index in [0.29, 0.717) is 42.4 Å². The molecule has 0 fully saturated rings. The molecule has 32 heavy (non-hydrogen) atoms. The number of aromatic nitrogens is 1. The van der Waals surface area contributed by atoms with Crippen LogP contribution < -0.4 is 11.5 Å². The summed E-state index contributed by atoms with van der Waals surface area (Å²) in [5.74, 6) is 0.584. The summed E-state index contributed by atoms with van der Waals surface area (Å²) in [7, 11) is 0. The van der Waals surface area contributed by atoms with E-state index in [-0.39, 0.29) is 17.1 Å². The normalized spacial score (nSPS) is 18.8. The number of carbonyl (C=O) groups excluding carboxylic acids is 1. The van der Waals surface area contributed by atoms with E-state index in [0.717, 1.165) is 24.8 Å². The van der Waals surface area contributed by atoms with E-state index in [9.17, 15) is 4.79 Å². The Bertz CT molecular complexity index is 974. The van der Waals surface area contributed by atoms with Crippen LogP contribution in [0.1, 0.15) is 56.3 Å². The topological polar surface area (TPSA) is 127 Å². The van der Waals surface area contributed by atoms with E-state index in [1.54, 1.807) is 18.3 Å². The number of ether oxygens (including phenoxy) is 1. The lowest BCUT2D eigenvalue weighted by Gasteiger charge is -2.28. The molecule has 0 amide bonds. The van der Waals surface area contributed by atoms with Gasteiger partial charge >= 0.3 is 0 Å². The van der Waals surface area contributed by atoms with Gasteiger partial charge in [-0.2, -0.15) is 0 Å². The molecule has 0 aromatic carbocycles. The molecule has 7 nitrogen and oxygen atoms in total. The van der Waals surface area contributed by atoms with Gasteiger partial charge in [0.25, 0.3) is 0 Å². The Hall–Kier alpha value is -3.48. The van der Waals surface area contributed by atoms with Crippen molar-refractivity contribution in [3.05, 3.63) is 72.1 Å². The fourth-order valence-electron chi connectivity index (χ4n) is 3.26. The summed E-state index contributed by atoms with van der Waals surface area (Å²) in [6.45, 7) is 8.00. The number of amidine groups is 1. The Labute approximate surface area is 190 Å². The Kier molecular flexibility index (Phi) is 9.13. The highest BCUT2D eigenvalue weighted by molar-refractivity contribution is 6.08. The van der Waals surface area contributed by atoms with Gasteiger partial charge in [-0.1, -0.05) is 45.1 Å². The lowest BCUT2D eigenvalue weighted by molar-refractivity contribution is 0.104. The van der Waals surface area contributed by atoms with Crippen LogP contribution in [-0.2, 0) is 4.74 Å². The average Bonchev–Trinajstić information content (AvgIpc) is 2.77. The second-order valence-electron chi connectivity index (χ2n) is 8.17. The highest BCUT2D eigenvalue weighted by Gasteiger charge is 2.24. The van der Waals surface area contributed by atoms with Crippen LogP contribution in [0.2, 0.25) is 0 Å². The molecule has 0 saturated carbocycles. The number of aliphatic imine (C=N–C) groups is 1. The number of carbonyl (C=O) groups is 1. The van der Waals surface area contributed by atoms with Gasteiger partial charge in [-0.3, -0.25) is 10.2 Å². The predicted octanol–water partition coefficient (Wildman–Crippen LogP) is 4.75. The van der Waals surface area contributed by atoms with E-state index in [4.69, 9.17) is 21.6 Å². The summed E-state index contributed by atoms with van der Waals surface area (Å²) >= 11 is 0. The van der Waals surface area contributed by atoms with Crippen LogP contribution in [0.5, 0.6) is 0 Å². The highest BCUT2D eigenvalue weighted by Crippen LogP contribution is 2.34. The lowest BCUT2D eigenvalue weighted by atomic mass is 9.78. The maximum atomic E-state index is 12.9. The highest BCUT2D eigenvalue weighted by atomic mass is 16.5. The standard InChI is InChI=1S/C25H33N5O2/c1-4-6-9-22(27)30-24-20(8-7-14-29-24)21(31)15-19(26)16-25(3)12-10-18(11-13-25)17-32-23(28)5-2/h5,7-8,10-12,14-15,28H,2,4,6,9,13,16-17,26H2,1,3H3,(H2,27,29,30). The number of pyridine rings is 1. The van der Waals surface area contributed by atoms with Crippen LogP contribution >= 0.6 is 0 Å². The maximum Gasteiger partial charge on any atom is 0.205 e. The molecule has 0 aliphatic heterocycles. The molecule has 170 valence electrons. The summed E-state index contributed by atoms with van der Waals surface area (Å²) < 4.78 is 5.28. The monoisotopic (exact) mass is 435 g/mol. The van der Waals surface area contributed by atoms with Gasteiger partial charge in [0.1, 0.15) is 12.4 Å². The molecular weight excluding hydrogens is 402 g/mol. The zero-order valence-corrected chi connectivity index (χ0v) is 18.9.